The van der Waals surface area contributed by atoms with E-state index in [1.807, 2.05) is 0 Å². The van der Waals surface area contributed by atoms with Crippen molar-refractivity contribution in [3.8, 4) is 0 Å². The Morgan fingerprint density at radius 3 is 2.48 bits per heavy atom. The van der Waals surface area contributed by atoms with Crippen LogP contribution in [0.4, 0.5) is 14.9 Å². The molecule has 6 nitrogen and oxygen atoms in total. The molecule has 0 unspecified atom stereocenters. The van der Waals surface area contributed by atoms with E-state index in [2.05, 4.69) is 10.3 Å². The molecule has 1 aromatic heterocycles. The minimum absolute atomic E-state index is 0.194. The Labute approximate surface area is 172 Å². The van der Waals surface area contributed by atoms with Gasteiger partial charge in [-0.2, -0.15) is 0 Å². The highest BCUT2D eigenvalue weighted by Gasteiger charge is 2.24. The predicted molar refractivity (Wildman–Crippen MR) is 111 cm³/mol. The van der Waals surface area contributed by atoms with E-state index in [-0.39, 0.29) is 17.8 Å². The van der Waals surface area contributed by atoms with Crippen LogP contribution in [0.25, 0.3) is 10.9 Å². The Morgan fingerprint density at radius 2 is 1.72 bits per heavy atom. The lowest BCUT2D eigenvalue weighted by Gasteiger charge is -2.22. The molecular weight excluding hydrogens is 395 g/mol. The number of fused-ring (bicyclic) bond motifs is 1. The highest BCUT2D eigenvalue weighted by atomic mass is 35.5. The number of halogens is 2. The van der Waals surface area contributed by atoms with Gasteiger partial charge in [-0.25, -0.2) is 9.18 Å². The number of anilines is 1. The summed E-state index contributed by atoms with van der Waals surface area (Å²) in [5.41, 5.74) is 1.60. The Kier molecular flexibility index (Phi) is 5.40. The van der Waals surface area contributed by atoms with E-state index in [9.17, 15) is 14.0 Å². The molecule has 1 aliphatic heterocycles. The minimum atomic E-state index is -0.362. The summed E-state index contributed by atoms with van der Waals surface area (Å²) in [6.45, 7) is 1.90. The Morgan fingerprint density at radius 1 is 1.00 bits per heavy atom. The Hall–Kier alpha value is -3.06. The molecule has 0 saturated carbocycles. The number of benzene rings is 2. The summed E-state index contributed by atoms with van der Waals surface area (Å²) in [6.07, 6.45) is 0.661. The number of carbonyl (C=O) groups is 2. The van der Waals surface area contributed by atoms with Crippen molar-refractivity contribution in [3.63, 3.8) is 0 Å². The monoisotopic (exact) mass is 414 g/mol. The van der Waals surface area contributed by atoms with Crippen molar-refractivity contribution in [2.24, 2.45) is 0 Å². The summed E-state index contributed by atoms with van der Waals surface area (Å²) in [4.78, 5) is 31.8. The molecule has 4 rings (SSSR count). The highest BCUT2D eigenvalue weighted by Crippen LogP contribution is 2.20. The molecule has 3 aromatic rings. The van der Waals surface area contributed by atoms with Crippen LogP contribution in [0.15, 0.2) is 48.5 Å². The summed E-state index contributed by atoms with van der Waals surface area (Å²) in [5.74, 6) is -0.556. The first-order valence-electron chi connectivity index (χ1n) is 9.39. The zero-order valence-corrected chi connectivity index (χ0v) is 16.4. The Balaban J connectivity index is 1.41. The van der Waals surface area contributed by atoms with Crippen molar-refractivity contribution in [1.29, 1.82) is 0 Å². The number of H-pyrrole nitrogens is 1. The molecule has 0 bridgehead atoms. The maximum absolute atomic E-state index is 13.9. The third-order valence-electron chi connectivity index (χ3n) is 5.01. The fraction of sp³-hybridized carbons (Fsp3) is 0.238. The molecule has 150 valence electrons. The number of urea groups is 1. The molecule has 2 N–H and O–H groups in total. The number of hydrogen-bond acceptors (Lipinski definition) is 2. The van der Waals surface area contributed by atoms with Crippen LogP contribution in [0.5, 0.6) is 0 Å². The standard InChI is InChI=1S/C21H20ClFN4O2/c22-14-5-7-15(8-6-14)24-21(29)27-10-2-9-26(11-12-27)20(28)19-13-16-17(23)3-1-4-18(16)25-19/h1,3-8,13,25H,2,9-12H2,(H,24,29). The van der Waals surface area contributed by atoms with Gasteiger partial charge in [-0.1, -0.05) is 17.7 Å². The average molecular weight is 415 g/mol. The van der Waals surface area contributed by atoms with E-state index in [1.165, 1.54) is 6.07 Å². The summed E-state index contributed by atoms with van der Waals surface area (Å²) < 4.78 is 13.9. The lowest BCUT2D eigenvalue weighted by molar-refractivity contribution is 0.0758. The quantitative estimate of drug-likeness (QED) is 0.655. The van der Waals surface area contributed by atoms with E-state index >= 15 is 0 Å². The number of amides is 3. The summed E-state index contributed by atoms with van der Waals surface area (Å²) in [6, 6.07) is 12.9. The van der Waals surface area contributed by atoms with Crippen LogP contribution in [0, 0.1) is 5.82 Å². The zero-order valence-electron chi connectivity index (χ0n) is 15.6. The third kappa shape index (κ3) is 4.19. The maximum atomic E-state index is 13.9. The van der Waals surface area contributed by atoms with E-state index in [0.29, 0.717) is 59.9 Å². The molecule has 2 aromatic carbocycles. The van der Waals surface area contributed by atoms with E-state index in [1.54, 1.807) is 52.3 Å². The molecule has 0 spiro atoms. The second-order valence-corrected chi connectivity index (χ2v) is 7.39. The van der Waals surface area contributed by atoms with Gasteiger partial charge in [-0.3, -0.25) is 4.79 Å². The van der Waals surface area contributed by atoms with Crippen LogP contribution >= 0.6 is 11.6 Å². The first-order chi connectivity index (χ1) is 14.0. The first kappa shape index (κ1) is 19.3. The normalized spacial score (nSPS) is 14.7. The highest BCUT2D eigenvalue weighted by molar-refractivity contribution is 6.30. The van der Waals surface area contributed by atoms with Gasteiger partial charge in [-0.15, -0.1) is 0 Å². The lowest BCUT2D eigenvalue weighted by atomic mass is 10.2. The van der Waals surface area contributed by atoms with Crippen molar-refractivity contribution in [2.75, 3.05) is 31.5 Å². The van der Waals surface area contributed by atoms with Gasteiger partial charge in [0.1, 0.15) is 11.5 Å². The largest absolute Gasteiger partial charge is 0.350 e. The third-order valence-corrected chi connectivity index (χ3v) is 5.26. The van der Waals surface area contributed by atoms with Gasteiger partial charge in [0, 0.05) is 47.8 Å². The van der Waals surface area contributed by atoms with Crippen molar-refractivity contribution in [1.82, 2.24) is 14.8 Å². The smallest absolute Gasteiger partial charge is 0.321 e. The van der Waals surface area contributed by atoms with Crippen LogP contribution < -0.4 is 5.32 Å². The number of aromatic amines is 1. The Bertz CT molecular complexity index is 1050. The second kappa shape index (κ2) is 8.13. The first-order valence-corrected chi connectivity index (χ1v) is 9.77. The summed E-state index contributed by atoms with van der Waals surface area (Å²) >= 11 is 5.87. The zero-order chi connectivity index (χ0) is 20.4. The van der Waals surface area contributed by atoms with Crippen molar-refractivity contribution < 1.29 is 14.0 Å². The fourth-order valence-electron chi connectivity index (χ4n) is 3.46. The molecule has 29 heavy (non-hydrogen) atoms. The van der Waals surface area contributed by atoms with Gasteiger partial charge in [0.05, 0.1) is 0 Å². The SMILES string of the molecule is O=C(Nc1ccc(Cl)cc1)N1CCCN(C(=O)c2cc3c(F)cccc3[nH]2)CC1. The molecule has 0 aliphatic carbocycles. The molecule has 1 saturated heterocycles. The van der Waals surface area contributed by atoms with Crippen LogP contribution in [0.1, 0.15) is 16.9 Å². The predicted octanol–water partition coefficient (Wildman–Crippen LogP) is 4.34. The van der Waals surface area contributed by atoms with Gasteiger partial charge in [-0.05, 0) is 48.9 Å². The van der Waals surface area contributed by atoms with Gasteiger partial charge >= 0.3 is 6.03 Å². The second-order valence-electron chi connectivity index (χ2n) is 6.95. The fourth-order valence-corrected chi connectivity index (χ4v) is 3.59. The van der Waals surface area contributed by atoms with Gasteiger partial charge in [0.15, 0.2) is 0 Å². The number of nitrogens with one attached hydrogen (secondary N) is 2. The number of carbonyl (C=O) groups excluding carboxylic acids is 2. The maximum Gasteiger partial charge on any atom is 0.321 e. The van der Waals surface area contributed by atoms with Gasteiger partial charge in [0.2, 0.25) is 0 Å². The van der Waals surface area contributed by atoms with Crippen LogP contribution in [-0.2, 0) is 0 Å². The number of hydrogen-bond donors (Lipinski definition) is 2. The number of aromatic nitrogens is 1. The topological polar surface area (TPSA) is 68.4 Å². The van der Waals surface area contributed by atoms with Crippen LogP contribution in [-0.4, -0.2) is 52.9 Å². The molecule has 3 amide bonds. The summed E-state index contributed by atoms with van der Waals surface area (Å²) in [5, 5.41) is 3.84. The molecule has 1 fully saturated rings. The van der Waals surface area contributed by atoms with Crippen LogP contribution in [0.3, 0.4) is 0 Å². The molecule has 2 heterocycles. The number of rotatable bonds is 2. The van der Waals surface area contributed by atoms with Gasteiger partial charge in [0.25, 0.3) is 5.91 Å². The van der Waals surface area contributed by atoms with Gasteiger partial charge < -0.3 is 20.1 Å². The molecule has 1 aliphatic rings. The van der Waals surface area contributed by atoms with Crippen molar-refractivity contribution in [2.45, 2.75) is 6.42 Å². The van der Waals surface area contributed by atoms with Crippen LogP contribution in [0.2, 0.25) is 5.02 Å². The molecule has 0 radical (unpaired) electrons. The molecule has 0 atom stereocenters. The van der Waals surface area contributed by atoms with Crippen molar-refractivity contribution in [3.05, 3.63) is 65.1 Å². The molecule has 8 heteroatoms. The number of nitrogens with zero attached hydrogens (tertiary/aromatic N) is 2. The van der Waals surface area contributed by atoms with Crippen molar-refractivity contribution >= 4 is 40.1 Å². The minimum Gasteiger partial charge on any atom is -0.350 e. The summed E-state index contributed by atoms with van der Waals surface area (Å²) in [7, 11) is 0. The van der Waals surface area contributed by atoms with E-state index in [4.69, 9.17) is 11.6 Å². The lowest BCUT2D eigenvalue weighted by Crippen LogP contribution is -2.39. The van der Waals surface area contributed by atoms with E-state index < -0.39 is 0 Å². The average Bonchev–Trinajstić information content (AvgIpc) is 3.00. The van der Waals surface area contributed by atoms with E-state index in [0.717, 1.165) is 0 Å². The molecular formula is C21H20ClFN4O2.